The standard InChI is InChI=1S/C14H11N2O4/c17-15(18)13-8-6-11(7-9-13)4-5-12-2-1-3-14(10-12)16(19)20/h1-3,5-10H,4H2. The van der Waals surface area contributed by atoms with Gasteiger partial charge < -0.3 is 0 Å². The van der Waals surface area contributed by atoms with Crippen LogP contribution in [0.5, 0.6) is 0 Å². The third-order valence-electron chi connectivity index (χ3n) is 2.80. The van der Waals surface area contributed by atoms with Gasteiger partial charge in [-0.25, -0.2) is 0 Å². The summed E-state index contributed by atoms with van der Waals surface area (Å²) < 4.78 is 0. The van der Waals surface area contributed by atoms with Gasteiger partial charge in [0.25, 0.3) is 11.4 Å². The maximum Gasteiger partial charge on any atom is 0.269 e. The summed E-state index contributed by atoms with van der Waals surface area (Å²) >= 11 is 0. The van der Waals surface area contributed by atoms with Crippen LogP contribution in [0.3, 0.4) is 0 Å². The molecule has 0 fully saturated rings. The highest BCUT2D eigenvalue weighted by molar-refractivity contribution is 5.39. The quantitative estimate of drug-likeness (QED) is 0.616. The van der Waals surface area contributed by atoms with Crippen molar-refractivity contribution in [3.05, 3.63) is 86.3 Å². The molecule has 0 saturated heterocycles. The fraction of sp³-hybridized carbons (Fsp3) is 0.0714. The lowest BCUT2D eigenvalue weighted by molar-refractivity contribution is -0.385. The molecule has 101 valence electrons. The summed E-state index contributed by atoms with van der Waals surface area (Å²) in [6.07, 6.45) is 2.40. The molecule has 1 radical (unpaired) electrons. The van der Waals surface area contributed by atoms with Crippen LogP contribution in [0, 0.1) is 26.6 Å². The number of rotatable bonds is 5. The summed E-state index contributed by atoms with van der Waals surface area (Å²) in [5.41, 5.74) is 1.74. The Morgan fingerprint density at radius 1 is 0.900 bits per heavy atom. The lowest BCUT2D eigenvalue weighted by Gasteiger charge is -2.02. The van der Waals surface area contributed by atoms with Crippen LogP contribution in [0.2, 0.25) is 0 Å². The van der Waals surface area contributed by atoms with E-state index in [1.807, 2.05) is 6.42 Å². The van der Waals surface area contributed by atoms with Gasteiger partial charge in [-0.15, -0.1) is 0 Å². The lowest BCUT2D eigenvalue weighted by atomic mass is 10.0. The molecule has 6 nitrogen and oxygen atoms in total. The zero-order chi connectivity index (χ0) is 14.5. The molecule has 2 rings (SSSR count). The van der Waals surface area contributed by atoms with Gasteiger partial charge in [0.15, 0.2) is 0 Å². The Labute approximate surface area is 115 Å². The molecular formula is C14H11N2O4. The number of hydrogen-bond donors (Lipinski definition) is 0. The van der Waals surface area contributed by atoms with Crippen molar-refractivity contribution >= 4 is 11.4 Å². The Balaban J connectivity index is 2.03. The Bertz CT molecular complexity index is 638. The average Bonchev–Trinajstić information content (AvgIpc) is 2.46. The van der Waals surface area contributed by atoms with Gasteiger partial charge >= 0.3 is 0 Å². The minimum Gasteiger partial charge on any atom is -0.258 e. The molecule has 0 atom stereocenters. The van der Waals surface area contributed by atoms with Crippen LogP contribution in [-0.4, -0.2) is 9.85 Å². The Kier molecular flexibility index (Phi) is 4.05. The first-order valence-electron chi connectivity index (χ1n) is 5.87. The molecule has 0 bridgehead atoms. The summed E-state index contributed by atoms with van der Waals surface area (Å²) in [6.45, 7) is 0. The van der Waals surface area contributed by atoms with E-state index >= 15 is 0 Å². The monoisotopic (exact) mass is 271 g/mol. The fourth-order valence-corrected chi connectivity index (χ4v) is 1.75. The molecule has 0 aliphatic rings. The van der Waals surface area contributed by atoms with E-state index < -0.39 is 9.85 Å². The molecule has 2 aromatic carbocycles. The number of nitrogens with zero attached hydrogens (tertiary/aromatic N) is 2. The van der Waals surface area contributed by atoms with Gasteiger partial charge in [0.1, 0.15) is 0 Å². The molecule has 0 saturated carbocycles. The normalized spacial score (nSPS) is 10.2. The second-order valence-electron chi connectivity index (χ2n) is 4.18. The molecule has 0 aromatic heterocycles. The third-order valence-corrected chi connectivity index (χ3v) is 2.80. The summed E-state index contributed by atoms with van der Waals surface area (Å²) in [4.78, 5) is 20.3. The van der Waals surface area contributed by atoms with Crippen molar-refractivity contribution in [2.24, 2.45) is 0 Å². The van der Waals surface area contributed by atoms with Crippen molar-refractivity contribution in [2.45, 2.75) is 6.42 Å². The van der Waals surface area contributed by atoms with Crippen LogP contribution >= 0.6 is 0 Å². The SMILES string of the molecule is O=[N+]([O-])c1ccc(C[CH]c2cccc([N+](=O)[O-])c2)cc1. The smallest absolute Gasteiger partial charge is 0.258 e. The number of benzene rings is 2. The van der Waals surface area contributed by atoms with Gasteiger partial charge in [0, 0.05) is 24.3 Å². The van der Waals surface area contributed by atoms with Crippen LogP contribution in [0.4, 0.5) is 11.4 Å². The van der Waals surface area contributed by atoms with Crippen molar-refractivity contribution in [1.29, 1.82) is 0 Å². The van der Waals surface area contributed by atoms with E-state index in [1.165, 1.54) is 24.3 Å². The van der Waals surface area contributed by atoms with Gasteiger partial charge in [0.05, 0.1) is 9.85 Å². The Morgan fingerprint density at radius 2 is 1.55 bits per heavy atom. The largest absolute Gasteiger partial charge is 0.269 e. The Morgan fingerprint density at radius 3 is 2.15 bits per heavy atom. The molecule has 6 heteroatoms. The first-order chi connectivity index (χ1) is 9.56. The zero-order valence-electron chi connectivity index (χ0n) is 10.4. The first kappa shape index (κ1) is 13.7. The molecule has 0 spiro atoms. The summed E-state index contributed by atoms with van der Waals surface area (Å²) in [5, 5.41) is 21.2. The van der Waals surface area contributed by atoms with Crippen LogP contribution in [0.15, 0.2) is 48.5 Å². The van der Waals surface area contributed by atoms with Crippen LogP contribution in [0.25, 0.3) is 0 Å². The summed E-state index contributed by atoms with van der Waals surface area (Å²) in [6, 6.07) is 12.6. The molecule has 0 unspecified atom stereocenters. The molecular weight excluding hydrogens is 260 g/mol. The number of hydrogen-bond acceptors (Lipinski definition) is 4. The molecule has 0 heterocycles. The van der Waals surface area contributed by atoms with E-state index in [1.54, 1.807) is 24.3 Å². The van der Waals surface area contributed by atoms with Crippen molar-refractivity contribution < 1.29 is 9.85 Å². The molecule has 0 aliphatic heterocycles. The second kappa shape index (κ2) is 5.92. The third kappa shape index (κ3) is 3.38. The number of nitro groups is 2. The maximum atomic E-state index is 10.7. The van der Waals surface area contributed by atoms with Gasteiger partial charge in [0.2, 0.25) is 0 Å². The van der Waals surface area contributed by atoms with E-state index in [0.717, 1.165) is 11.1 Å². The average molecular weight is 271 g/mol. The van der Waals surface area contributed by atoms with Gasteiger partial charge in [-0.3, -0.25) is 20.2 Å². The van der Waals surface area contributed by atoms with E-state index in [4.69, 9.17) is 0 Å². The fourth-order valence-electron chi connectivity index (χ4n) is 1.75. The van der Waals surface area contributed by atoms with Crippen LogP contribution in [0.1, 0.15) is 11.1 Å². The minimum atomic E-state index is -0.450. The van der Waals surface area contributed by atoms with Crippen molar-refractivity contribution in [3.63, 3.8) is 0 Å². The minimum absolute atomic E-state index is 0.0439. The van der Waals surface area contributed by atoms with E-state index in [0.29, 0.717) is 6.42 Å². The number of nitro benzene ring substituents is 2. The molecule has 0 aliphatic carbocycles. The highest BCUT2D eigenvalue weighted by atomic mass is 16.6. The van der Waals surface area contributed by atoms with Gasteiger partial charge in [-0.05, 0) is 24.0 Å². The van der Waals surface area contributed by atoms with Crippen molar-refractivity contribution in [3.8, 4) is 0 Å². The van der Waals surface area contributed by atoms with Crippen molar-refractivity contribution in [2.75, 3.05) is 0 Å². The molecule has 20 heavy (non-hydrogen) atoms. The zero-order valence-corrected chi connectivity index (χ0v) is 10.4. The lowest BCUT2D eigenvalue weighted by Crippen LogP contribution is -1.93. The molecule has 2 aromatic rings. The van der Waals surface area contributed by atoms with E-state index in [-0.39, 0.29) is 11.4 Å². The van der Waals surface area contributed by atoms with Crippen molar-refractivity contribution in [1.82, 2.24) is 0 Å². The van der Waals surface area contributed by atoms with Gasteiger partial charge in [-0.2, -0.15) is 0 Å². The predicted molar refractivity (Wildman–Crippen MR) is 73.3 cm³/mol. The Hall–Kier alpha value is -2.76. The maximum absolute atomic E-state index is 10.7. The topological polar surface area (TPSA) is 86.3 Å². The first-order valence-corrected chi connectivity index (χ1v) is 5.87. The molecule has 0 amide bonds. The summed E-state index contributed by atoms with van der Waals surface area (Å²) in [7, 11) is 0. The van der Waals surface area contributed by atoms with Crippen LogP contribution < -0.4 is 0 Å². The van der Waals surface area contributed by atoms with Gasteiger partial charge in [-0.1, -0.05) is 24.3 Å². The molecule has 0 N–H and O–H groups in total. The highest BCUT2D eigenvalue weighted by Gasteiger charge is 2.07. The highest BCUT2D eigenvalue weighted by Crippen LogP contribution is 2.18. The van der Waals surface area contributed by atoms with E-state index in [9.17, 15) is 20.2 Å². The van der Waals surface area contributed by atoms with Crippen LogP contribution in [-0.2, 0) is 6.42 Å². The summed E-state index contributed by atoms with van der Waals surface area (Å²) in [5.74, 6) is 0. The second-order valence-corrected chi connectivity index (χ2v) is 4.18. The predicted octanol–water partition coefficient (Wildman–Crippen LogP) is 3.30. The number of non-ortho nitro benzene ring substituents is 2. The van der Waals surface area contributed by atoms with E-state index in [2.05, 4.69) is 0 Å².